The molecule has 0 aromatic carbocycles. The number of nitriles is 1. The third-order valence-corrected chi connectivity index (χ3v) is 4.01. The molecule has 1 atom stereocenters. The average molecular weight is 275 g/mol. The highest BCUT2D eigenvalue weighted by atomic mass is 32.1. The van der Waals surface area contributed by atoms with Gasteiger partial charge >= 0.3 is 5.97 Å². The molecular formula is C13H13N3O2S. The summed E-state index contributed by atoms with van der Waals surface area (Å²) < 4.78 is 5.75. The zero-order chi connectivity index (χ0) is 14.0. The number of fused-ring (bicyclic) bond motifs is 1. The summed E-state index contributed by atoms with van der Waals surface area (Å²) in [7, 11) is 0. The van der Waals surface area contributed by atoms with Crippen LogP contribution in [0.4, 0.5) is 0 Å². The largest absolute Gasteiger partial charge is 0.465 e. The third kappa shape index (κ3) is 2.06. The fraction of sp³-hybridized carbons (Fsp3) is 0.385. The van der Waals surface area contributed by atoms with Crippen LogP contribution < -0.4 is 0 Å². The van der Waals surface area contributed by atoms with Crippen molar-refractivity contribution in [2.75, 3.05) is 6.61 Å². The number of nitrogens with zero attached hydrogens (tertiary/aromatic N) is 3. The van der Waals surface area contributed by atoms with Crippen molar-refractivity contribution < 1.29 is 9.53 Å². The van der Waals surface area contributed by atoms with E-state index in [0.29, 0.717) is 5.69 Å². The number of thiophene rings is 1. The summed E-state index contributed by atoms with van der Waals surface area (Å²) in [6, 6.07) is 2.02. The number of rotatable bonds is 3. The Hall–Kier alpha value is -2.00. The number of aromatic nitrogens is 2. The molecule has 0 N–H and O–H groups in total. The molecule has 0 saturated heterocycles. The molecule has 0 fully saturated rings. The molecule has 1 unspecified atom stereocenters. The van der Waals surface area contributed by atoms with Gasteiger partial charge < -0.3 is 4.74 Å². The van der Waals surface area contributed by atoms with E-state index in [1.807, 2.05) is 18.4 Å². The highest BCUT2D eigenvalue weighted by Crippen LogP contribution is 2.33. The van der Waals surface area contributed by atoms with Crippen LogP contribution in [-0.2, 0) is 14.9 Å². The number of carbonyl (C=O) groups is 1. The van der Waals surface area contributed by atoms with Crippen molar-refractivity contribution >= 4 is 27.5 Å². The molecule has 0 aliphatic carbocycles. The van der Waals surface area contributed by atoms with Crippen LogP contribution in [-0.4, -0.2) is 22.5 Å². The molecule has 19 heavy (non-hydrogen) atoms. The summed E-state index contributed by atoms with van der Waals surface area (Å²) in [4.78, 5) is 20.4. The average Bonchev–Trinajstić information content (AvgIpc) is 2.80. The molecule has 0 aliphatic rings. The van der Waals surface area contributed by atoms with Crippen molar-refractivity contribution in [2.45, 2.75) is 26.2 Å². The normalized spacial score (nSPS) is 13.8. The third-order valence-electron chi connectivity index (χ3n) is 2.91. The number of esters is 1. The van der Waals surface area contributed by atoms with Crippen LogP contribution in [0.2, 0.25) is 0 Å². The summed E-state index contributed by atoms with van der Waals surface area (Å²) in [5.41, 5.74) is 0.791. The second-order valence-electron chi connectivity index (χ2n) is 4.28. The summed E-state index contributed by atoms with van der Waals surface area (Å²) in [6.07, 6.45) is 1.38. The van der Waals surface area contributed by atoms with Gasteiger partial charge in [-0.3, -0.25) is 0 Å². The monoisotopic (exact) mass is 275 g/mol. The fourth-order valence-corrected chi connectivity index (χ4v) is 2.90. The van der Waals surface area contributed by atoms with E-state index in [2.05, 4.69) is 9.97 Å². The van der Waals surface area contributed by atoms with Crippen molar-refractivity contribution in [3.63, 3.8) is 0 Å². The lowest BCUT2D eigenvalue weighted by Crippen LogP contribution is -2.34. The Morgan fingerprint density at radius 3 is 2.95 bits per heavy atom. The Bertz CT molecular complexity index is 674. The number of ether oxygens (including phenoxy) is 1. The van der Waals surface area contributed by atoms with E-state index in [4.69, 9.17) is 4.74 Å². The van der Waals surface area contributed by atoms with Gasteiger partial charge in [0.25, 0.3) is 0 Å². The number of hydrogen-bond acceptors (Lipinski definition) is 6. The standard InChI is InChI=1S/C13H13N3O2S/c1-4-18-12(17)13(3,6-14)11-10-9(15-7-16-11)8(2)5-19-10/h5,7H,4H2,1-3H3. The van der Waals surface area contributed by atoms with Crippen molar-refractivity contribution in [2.24, 2.45) is 0 Å². The van der Waals surface area contributed by atoms with Gasteiger partial charge in [0.2, 0.25) is 0 Å². The molecule has 2 aromatic heterocycles. The predicted molar refractivity (Wildman–Crippen MR) is 71.8 cm³/mol. The smallest absolute Gasteiger partial charge is 0.332 e. The molecule has 0 spiro atoms. The van der Waals surface area contributed by atoms with Gasteiger partial charge in [0.05, 0.1) is 28.6 Å². The van der Waals surface area contributed by atoms with Gasteiger partial charge in [0.15, 0.2) is 5.41 Å². The molecule has 0 radical (unpaired) electrons. The van der Waals surface area contributed by atoms with E-state index in [1.165, 1.54) is 24.6 Å². The number of hydrogen-bond donors (Lipinski definition) is 0. The lowest BCUT2D eigenvalue weighted by atomic mass is 9.88. The second-order valence-corrected chi connectivity index (χ2v) is 5.16. The van der Waals surface area contributed by atoms with Crippen LogP contribution in [0.3, 0.4) is 0 Å². The molecule has 2 aromatic rings. The SMILES string of the molecule is CCOC(=O)C(C)(C#N)c1ncnc2c(C)csc12. The topological polar surface area (TPSA) is 75.9 Å². The number of carbonyl (C=O) groups excluding carboxylic acids is 1. The van der Waals surface area contributed by atoms with Crippen molar-refractivity contribution in [1.29, 1.82) is 5.26 Å². The van der Waals surface area contributed by atoms with E-state index in [-0.39, 0.29) is 6.61 Å². The van der Waals surface area contributed by atoms with Crippen LogP contribution in [0.25, 0.3) is 10.2 Å². The van der Waals surface area contributed by atoms with E-state index >= 15 is 0 Å². The molecular weight excluding hydrogens is 262 g/mol. The summed E-state index contributed by atoms with van der Waals surface area (Å²) in [5, 5.41) is 11.3. The van der Waals surface area contributed by atoms with Crippen LogP contribution in [0, 0.1) is 18.3 Å². The Labute approximate surface area is 114 Å². The molecule has 6 heteroatoms. The number of aryl methyl sites for hydroxylation is 1. The first-order valence-corrected chi connectivity index (χ1v) is 6.70. The molecule has 0 bridgehead atoms. The van der Waals surface area contributed by atoms with Gasteiger partial charge in [-0.2, -0.15) is 5.26 Å². The summed E-state index contributed by atoms with van der Waals surface area (Å²) >= 11 is 1.43. The first-order chi connectivity index (χ1) is 9.04. The quantitative estimate of drug-likeness (QED) is 0.804. The van der Waals surface area contributed by atoms with Gasteiger partial charge in [-0.05, 0) is 31.7 Å². The Balaban J connectivity index is 2.65. The first-order valence-electron chi connectivity index (χ1n) is 5.82. The van der Waals surface area contributed by atoms with Crippen LogP contribution >= 0.6 is 11.3 Å². The van der Waals surface area contributed by atoms with Crippen molar-refractivity contribution in [3.8, 4) is 6.07 Å². The van der Waals surface area contributed by atoms with Gasteiger partial charge in [-0.25, -0.2) is 14.8 Å². The van der Waals surface area contributed by atoms with Gasteiger partial charge in [0, 0.05) is 0 Å². The predicted octanol–water partition coefficient (Wildman–Crippen LogP) is 2.34. The lowest BCUT2D eigenvalue weighted by molar-refractivity contribution is -0.147. The van der Waals surface area contributed by atoms with Crippen LogP contribution in [0.1, 0.15) is 25.1 Å². The maximum Gasteiger partial charge on any atom is 0.332 e. The molecule has 0 aliphatic heterocycles. The molecule has 0 amide bonds. The molecule has 2 heterocycles. The maximum atomic E-state index is 12.0. The highest BCUT2D eigenvalue weighted by Gasteiger charge is 2.40. The van der Waals surface area contributed by atoms with E-state index < -0.39 is 11.4 Å². The van der Waals surface area contributed by atoms with Gasteiger partial charge in [-0.15, -0.1) is 11.3 Å². The minimum Gasteiger partial charge on any atom is -0.465 e. The zero-order valence-corrected chi connectivity index (χ0v) is 11.7. The zero-order valence-electron chi connectivity index (χ0n) is 10.9. The maximum absolute atomic E-state index is 12.0. The van der Waals surface area contributed by atoms with Crippen molar-refractivity contribution in [1.82, 2.24) is 9.97 Å². The van der Waals surface area contributed by atoms with Crippen molar-refractivity contribution in [3.05, 3.63) is 23.0 Å². The fourth-order valence-electron chi connectivity index (χ4n) is 1.80. The minimum atomic E-state index is -1.41. The minimum absolute atomic E-state index is 0.230. The van der Waals surface area contributed by atoms with Crippen LogP contribution in [0.15, 0.2) is 11.7 Å². The Morgan fingerprint density at radius 2 is 2.32 bits per heavy atom. The first kappa shape index (κ1) is 13.4. The second kappa shape index (κ2) is 4.94. The van der Waals surface area contributed by atoms with E-state index in [0.717, 1.165) is 15.8 Å². The summed E-state index contributed by atoms with van der Waals surface area (Å²) in [5.74, 6) is -0.580. The van der Waals surface area contributed by atoms with Crippen LogP contribution in [0.5, 0.6) is 0 Å². The molecule has 98 valence electrons. The highest BCUT2D eigenvalue weighted by molar-refractivity contribution is 7.17. The Kier molecular flexibility index (Phi) is 3.49. The van der Waals surface area contributed by atoms with Gasteiger partial charge in [-0.1, -0.05) is 0 Å². The Morgan fingerprint density at radius 1 is 1.58 bits per heavy atom. The molecule has 5 nitrogen and oxygen atoms in total. The summed E-state index contributed by atoms with van der Waals surface area (Å²) in [6.45, 7) is 5.40. The van der Waals surface area contributed by atoms with E-state index in [9.17, 15) is 10.1 Å². The van der Waals surface area contributed by atoms with E-state index in [1.54, 1.807) is 6.92 Å². The molecule has 0 saturated carbocycles. The van der Waals surface area contributed by atoms with Gasteiger partial charge in [0.1, 0.15) is 6.33 Å². The molecule has 2 rings (SSSR count). The lowest BCUT2D eigenvalue weighted by Gasteiger charge is -2.19.